The van der Waals surface area contributed by atoms with E-state index >= 15 is 0 Å². The van der Waals surface area contributed by atoms with E-state index in [-0.39, 0.29) is 18.5 Å². The molecular formula is C21H22N4O2S. The van der Waals surface area contributed by atoms with Gasteiger partial charge in [0.05, 0.1) is 12.6 Å². The lowest BCUT2D eigenvalue weighted by Crippen LogP contribution is -2.30. The number of aryl methyl sites for hydroxylation is 1. The summed E-state index contributed by atoms with van der Waals surface area (Å²) in [6.07, 6.45) is 1.91. The largest absolute Gasteiger partial charge is 0.494 e. The summed E-state index contributed by atoms with van der Waals surface area (Å²) >= 11 is 5.34. The number of H-pyrrole nitrogens is 1. The summed E-state index contributed by atoms with van der Waals surface area (Å²) < 4.78 is 7.63. The first-order chi connectivity index (χ1) is 13.7. The van der Waals surface area contributed by atoms with Crippen LogP contribution in [0, 0.1) is 4.77 Å². The topological polar surface area (TPSA) is 71.9 Å². The second-order valence-corrected chi connectivity index (χ2v) is 7.14. The van der Waals surface area contributed by atoms with Crippen LogP contribution in [0.4, 0.5) is 0 Å². The van der Waals surface area contributed by atoms with Crippen molar-refractivity contribution in [1.29, 1.82) is 0 Å². The molecule has 0 aliphatic heterocycles. The SMILES string of the molecule is CCOc1ccc(-c2n[nH]c(=S)n2CC(=O)N[C@H]2CCc3ccccc32)cc1. The molecule has 28 heavy (non-hydrogen) atoms. The molecule has 2 N–H and O–H groups in total. The Morgan fingerprint density at radius 1 is 1.29 bits per heavy atom. The zero-order valence-corrected chi connectivity index (χ0v) is 16.5. The molecule has 4 rings (SSSR count). The van der Waals surface area contributed by atoms with Gasteiger partial charge in [-0.25, -0.2) is 0 Å². The Morgan fingerprint density at radius 3 is 2.86 bits per heavy atom. The molecule has 1 aromatic heterocycles. The summed E-state index contributed by atoms with van der Waals surface area (Å²) in [4.78, 5) is 12.7. The van der Waals surface area contributed by atoms with Gasteiger partial charge in [-0.05, 0) is 67.4 Å². The van der Waals surface area contributed by atoms with E-state index in [2.05, 4.69) is 27.6 Å². The number of nitrogens with zero attached hydrogens (tertiary/aromatic N) is 2. The number of amides is 1. The molecule has 2 aromatic carbocycles. The predicted molar refractivity (Wildman–Crippen MR) is 110 cm³/mol. The van der Waals surface area contributed by atoms with Crippen LogP contribution in [-0.4, -0.2) is 27.3 Å². The number of hydrogen-bond acceptors (Lipinski definition) is 4. The number of aromatic amines is 1. The highest BCUT2D eigenvalue weighted by Crippen LogP contribution is 2.30. The normalized spacial score (nSPS) is 15.2. The third-order valence-electron chi connectivity index (χ3n) is 4.95. The summed E-state index contributed by atoms with van der Waals surface area (Å²) in [5.74, 6) is 1.35. The average Bonchev–Trinajstić information content (AvgIpc) is 3.27. The van der Waals surface area contributed by atoms with Crippen LogP contribution in [0.15, 0.2) is 48.5 Å². The lowest BCUT2D eigenvalue weighted by Gasteiger charge is -2.15. The van der Waals surface area contributed by atoms with Crippen LogP contribution in [0.25, 0.3) is 11.4 Å². The van der Waals surface area contributed by atoms with Crippen molar-refractivity contribution in [2.75, 3.05) is 6.61 Å². The highest BCUT2D eigenvalue weighted by Gasteiger charge is 2.24. The number of benzene rings is 2. The number of rotatable bonds is 6. The molecule has 1 atom stereocenters. The number of ether oxygens (including phenoxy) is 1. The van der Waals surface area contributed by atoms with E-state index in [4.69, 9.17) is 17.0 Å². The van der Waals surface area contributed by atoms with Crippen molar-refractivity contribution in [3.8, 4) is 17.1 Å². The number of hydrogen-bond donors (Lipinski definition) is 2. The van der Waals surface area contributed by atoms with E-state index in [0.29, 0.717) is 17.2 Å². The van der Waals surface area contributed by atoms with E-state index in [9.17, 15) is 4.79 Å². The van der Waals surface area contributed by atoms with Gasteiger partial charge < -0.3 is 10.1 Å². The fourth-order valence-corrected chi connectivity index (χ4v) is 3.84. The molecule has 1 aliphatic rings. The summed E-state index contributed by atoms with van der Waals surface area (Å²) in [6, 6.07) is 15.9. The molecule has 1 heterocycles. The molecule has 6 nitrogen and oxygen atoms in total. The minimum absolute atomic E-state index is 0.0544. The zero-order valence-electron chi connectivity index (χ0n) is 15.6. The van der Waals surface area contributed by atoms with E-state index in [1.165, 1.54) is 11.1 Å². The fraction of sp³-hybridized carbons (Fsp3) is 0.286. The minimum atomic E-state index is -0.0774. The predicted octanol–water partition coefficient (Wildman–Crippen LogP) is 3.81. The van der Waals surface area contributed by atoms with Gasteiger partial charge >= 0.3 is 0 Å². The lowest BCUT2D eigenvalue weighted by molar-refractivity contribution is -0.122. The molecule has 1 amide bonds. The van der Waals surface area contributed by atoms with E-state index in [1.807, 2.05) is 43.3 Å². The number of nitrogens with one attached hydrogen (secondary N) is 2. The van der Waals surface area contributed by atoms with E-state index < -0.39 is 0 Å². The van der Waals surface area contributed by atoms with Gasteiger partial charge in [0.1, 0.15) is 12.3 Å². The second kappa shape index (κ2) is 7.98. The minimum Gasteiger partial charge on any atom is -0.494 e. The van der Waals surface area contributed by atoms with Crippen molar-refractivity contribution in [1.82, 2.24) is 20.1 Å². The Hall–Kier alpha value is -2.93. The zero-order chi connectivity index (χ0) is 19.5. The van der Waals surface area contributed by atoms with Crippen LogP contribution in [0.1, 0.15) is 30.5 Å². The molecule has 7 heteroatoms. The molecule has 1 aliphatic carbocycles. The number of aromatic nitrogens is 3. The van der Waals surface area contributed by atoms with Gasteiger partial charge in [0.2, 0.25) is 5.91 Å². The number of fused-ring (bicyclic) bond motifs is 1. The Morgan fingerprint density at radius 2 is 2.07 bits per heavy atom. The summed E-state index contributed by atoms with van der Waals surface area (Å²) in [7, 11) is 0. The Balaban J connectivity index is 1.50. The maximum atomic E-state index is 12.7. The molecule has 0 spiro atoms. The summed E-state index contributed by atoms with van der Waals surface area (Å²) in [6.45, 7) is 2.68. The quantitative estimate of drug-likeness (QED) is 0.624. The van der Waals surface area contributed by atoms with Crippen molar-refractivity contribution in [2.45, 2.75) is 32.4 Å². The van der Waals surface area contributed by atoms with Gasteiger partial charge in [-0.2, -0.15) is 5.10 Å². The number of carbonyl (C=O) groups is 1. The van der Waals surface area contributed by atoms with E-state index in [0.717, 1.165) is 24.2 Å². The van der Waals surface area contributed by atoms with Crippen LogP contribution in [0.2, 0.25) is 0 Å². The average molecular weight is 395 g/mol. The Labute approximate surface area is 168 Å². The first-order valence-electron chi connectivity index (χ1n) is 9.41. The molecule has 0 radical (unpaired) electrons. The van der Waals surface area contributed by atoms with Crippen LogP contribution in [0.5, 0.6) is 5.75 Å². The van der Waals surface area contributed by atoms with Crippen molar-refractivity contribution in [3.63, 3.8) is 0 Å². The third kappa shape index (κ3) is 3.71. The fourth-order valence-electron chi connectivity index (χ4n) is 3.64. The first-order valence-corrected chi connectivity index (χ1v) is 9.82. The van der Waals surface area contributed by atoms with Crippen molar-refractivity contribution < 1.29 is 9.53 Å². The van der Waals surface area contributed by atoms with Crippen LogP contribution >= 0.6 is 12.2 Å². The molecule has 0 fully saturated rings. The lowest BCUT2D eigenvalue weighted by atomic mass is 10.1. The van der Waals surface area contributed by atoms with Gasteiger partial charge in [0, 0.05) is 5.56 Å². The van der Waals surface area contributed by atoms with Crippen molar-refractivity contribution in [3.05, 3.63) is 64.4 Å². The van der Waals surface area contributed by atoms with Crippen LogP contribution in [-0.2, 0) is 17.8 Å². The Bertz CT molecular complexity index is 1040. The monoisotopic (exact) mass is 394 g/mol. The van der Waals surface area contributed by atoms with Gasteiger partial charge in [0.15, 0.2) is 10.6 Å². The van der Waals surface area contributed by atoms with Gasteiger partial charge in [-0.15, -0.1) is 0 Å². The maximum Gasteiger partial charge on any atom is 0.240 e. The van der Waals surface area contributed by atoms with Gasteiger partial charge in [-0.1, -0.05) is 24.3 Å². The molecular weight excluding hydrogens is 372 g/mol. The smallest absolute Gasteiger partial charge is 0.240 e. The summed E-state index contributed by atoms with van der Waals surface area (Å²) in [5, 5.41) is 10.2. The second-order valence-electron chi connectivity index (χ2n) is 6.75. The molecule has 0 bridgehead atoms. The molecule has 0 saturated heterocycles. The first kappa shape index (κ1) is 18.4. The third-order valence-corrected chi connectivity index (χ3v) is 5.26. The molecule has 0 unspecified atom stereocenters. The van der Waals surface area contributed by atoms with E-state index in [1.54, 1.807) is 4.57 Å². The van der Waals surface area contributed by atoms with Crippen molar-refractivity contribution >= 4 is 18.1 Å². The highest BCUT2D eigenvalue weighted by molar-refractivity contribution is 7.71. The number of carbonyl (C=O) groups excluding carboxylic acids is 1. The molecule has 0 saturated carbocycles. The summed E-state index contributed by atoms with van der Waals surface area (Å²) in [5.41, 5.74) is 3.39. The standard InChI is InChI=1S/C21H22N4O2S/c1-2-27-16-10-7-15(8-11-16)20-23-24-21(28)25(20)13-19(26)22-18-12-9-14-5-3-4-6-17(14)18/h3-8,10-11,18H,2,9,12-13H2,1H3,(H,22,26)(H,24,28)/t18-/m0/s1. The van der Waals surface area contributed by atoms with Gasteiger partial charge in [-0.3, -0.25) is 14.5 Å². The highest BCUT2D eigenvalue weighted by atomic mass is 32.1. The van der Waals surface area contributed by atoms with Crippen molar-refractivity contribution in [2.24, 2.45) is 0 Å². The molecule has 3 aromatic rings. The molecule has 144 valence electrons. The Kier molecular flexibility index (Phi) is 5.25. The van der Waals surface area contributed by atoms with Crippen LogP contribution < -0.4 is 10.1 Å². The van der Waals surface area contributed by atoms with Gasteiger partial charge in [0.25, 0.3) is 0 Å². The maximum absolute atomic E-state index is 12.7. The van der Waals surface area contributed by atoms with Crippen LogP contribution in [0.3, 0.4) is 0 Å².